The van der Waals surface area contributed by atoms with Crippen LogP contribution in [0, 0.1) is 5.82 Å². The van der Waals surface area contributed by atoms with Crippen LogP contribution in [0.25, 0.3) is 0 Å². The van der Waals surface area contributed by atoms with Gasteiger partial charge in [0.05, 0.1) is 15.8 Å². The second-order valence-corrected chi connectivity index (χ2v) is 10.7. The first-order valence-electron chi connectivity index (χ1n) is 11.3. The Balaban J connectivity index is 1.70. The van der Waals surface area contributed by atoms with Crippen LogP contribution >= 0.6 is 46.6 Å². The van der Waals surface area contributed by atoms with Gasteiger partial charge in [-0.05, 0) is 49.6 Å². The number of amides is 2. The lowest BCUT2D eigenvalue weighted by molar-refractivity contribution is -0.139. The summed E-state index contributed by atoms with van der Waals surface area (Å²) in [4.78, 5) is 27.8. The van der Waals surface area contributed by atoms with E-state index in [9.17, 15) is 14.0 Å². The molecule has 1 atom stereocenters. The van der Waals surface area contributed by atoms with E-state index in [1.165, 1.54) is 29.1 Å². The molecule has 2 aromatic rings. The molecule has 184 valence electrons. The van der Waals surface area contributed by atoms with E-state index in [0.29, 0.717) is 20.6 Å². The van der Waals surface area contributed by atoms with Crippen LogP contribution < -0.4 is 5.32 Å². The average molecular weight is 546 g/mol. The molecule has 34 heavy (non-hydrogen) atoms. The molecule has 1 saturated carbocycles. The van der Waals surface area contributed by atoms with E-state index >= 15 is 0 Å². The molecule has 3 rings (SSSR count). The average Bonchev–Trinajstić information content (AvgIpc) is 2.81. The molecule has 1 aliphatic carbocycles. The molecule has 2 aromatic carbocycles. The van der Waals surface area contributed by atoms with Gasteiger partial charge in [0.2, 0.25) is 11.8 Å². The summed E-state index contributed by atoms with van der Waals surface area (Å²) < 4.78 is 14.1. The van der Waals surface area contributed by atoms with Crippen LogP contribution in [0.4, 0.5) is 4.39 Å². The molecule has 0 radical (unpaired) electrons. The van der Waals surface area contributed by atoms with Crippen molar-refractivity contribution in [3.05, 3.63) is 68.4 Å². The maximum absolute atomic E-state index is 14.1. The number of benzene rings is 2. The van der Waals surface area contributed by atoms with E-state index in [1.54, 1.807) is 37.3 Å². The van der Waals surface area contributed by atoms with E-state index in [2.05, 4.69) is 5.32 Å². The zero-order chi connectivity index (χ0) is 24.7. The smallest absolute Gasteiger partial charge is 0.242 e. The van der Waals surface area contributed by atoms with Crippen molar-refractivity contribution in [3.63, 3.8) is 0 Å². The molecule has 0 saturated heterocycles. The summed E-state index contributed by atoms with van der Waals surface area (Å²) in [5, 5.41) is 4.23. The summed E-state index contributed by atoms with van der Waals surface area (Å²) >= 11 is 19.6. The zero-order valence-electron chi connectivity index (χ0n) is 19.0. The summed E-state index contributed by atoms with van der Waals surface area (Å²) in [6, 6.07) is 9.12. The Labute approximate surface area is 219 Å². The Bertz CT molecular complexity index is 997. The molecule has 0 spiro atoms. The lowest BCUT2D eigenvalue weighted by Gasteiger charge is -2.31. The van der Waals surface area contributed by atoms with Crippen molar-refractivity contribution in [2.75, 3.05) is 5.75 Å². The summed E-state index contributed by atoms with van der Waals surface area (Å²) in [7, 11) is 0. The third kappa shape index (κ3) is 7.51. The van der Waals surface area contributed by atoms with Crippen molar-refractivity contribution in [2.45, 2.75) is 63.4 Å². The number of nitrogens with zero attached hydrogens (tertiary/aromatic N) is 1. The van der Waals surface area contributed by atoms with Crippen molar-refractivity contribution in [2.24, 2.45) is 0 Å². The molecular formula is C25H28Cl3FN2O2S. The minimum Gasteiger partial charge on any atom is -0.352 e. The first-order valence-corrected chi connectivity index (χ1v) is 13.6. The summed E-state index contributed by atoms with van der Waals surface area (Å²) in [5.41, 5.74) is 1.13. The number of hydrogen-bond acceptors (Lipinski definition) is 3. The van der Waals surface area contributed by atoms with E-state index < -0.39 is 11.9 Å². The van der Waals surface area contributed by atoms with Crippen LogP contribution in [0.15, 0.2) is 36.4 Å². The highest BCUT2D eigenvalue weighted by Gasteiger charge is 2.28. The Morgan fingerprint density at radius 1 is 1.09 bits per heavy atom. The monoisotopic (exact) mass is 544 g/mol. The number of thioether (sulfide) groups is 1. The van der Waals surface area contributed by atoms with Gasteiger partial charge in [0.15, 0.2) is 0 Å². The second kappa shape index (κ2) is 13.0. The fourth-order valence-electron chi connectivity index (χ4n) is 3.98. The van der Waals surface area contributed by atoms with Crippen molar-refractivity contribution >= 4 is 58.4 Å². The number of rotatable bonds is 9. The molecule has 1 aliphatic rings. The van der Waals surface area contributed by atoms with Gasteiger partial charge in [-0.25, -0.2) is 4.39 Å². The molecule has 1 fully saturated rings. The van der Waals surface area contributed by atoms with E-state index in [4.69, 9.17) is 34.8 Å². The number of carbonyl (C=O) groups is 2. The van der Waals surface area contributed by atoms with E-state index in [0.717, 1.165) is 31.2 Å². The topological polar surface area (TPSA) is 49.4 Å². The standard InChI is InChI=1S/C25H28Cl3FN2O2S/c1-16(25(33)30-18-6-3-2-4-7-18)31(13-17-10-11-21(27)22(28)12-17)24(32)15-34-14-19-20(26)8-5-9-23(19)29/h5,8-12,16,18H,2-4,6-7,13-15H2,1H3,(H,30,33)/t16-/m1/s1. The van der Waals surface area contributed by atoms with E-state index in [-0.39, 0.29) is 35.9 Å². The lowest BCUT2D eigenvalue weighted by atomic mass is 9.95. The van der Waals surface area contributed by atoms with Gasteiger partial charge in [0.25, 0.3) is 0 Å². The Morgan fingerprint density at radius 3 is 2.50 bits per heavy atom. The van der Waals surface area contributed by atoms with Gasteiger partial charge >= 0.3 is 0 Å². The Kier molecular flexibility index (Phi) is 10.4. The van der Waals surface area contributed by atoms with Crippen LogP contribution in [0.2, 0.25) is 15.1 Å². The number of halogens is 4. The molecule has 2 amide bonds. The highest BCUT2D eigenvalue weighted by Crippen LogP contribution is 2.26. The summed E-state index contributed by atoms with van der Waals surface area (Å²) in [6.45, 7) is 1.93. The van der Waals surface area contributed by atoms with Crippen molar-refractivity contribution < 1.29 is 14.0 Å². The van der Waals surface area contributed by atoms with Gasteiger partial charge in [-0.15, -0.1) is 11.8 Å². The Morgan fingerprint density at radius 2 is 1.82 bits per heavy atom. The molecule has 9 heteroatoms. The molecular weight excluding hydrogens is 518 g/mol. The lowest BCUT2D eigenvalue weighted by Crippen LogP contribution is -2.50. The highest BCUT2D eigenvalue weighted by molar-refractivity contribution is 7.99. The van der Waals surface area contributed by atoms with Gasteiger partial charge in [-0.2, -0.15) is 0 Å². The predicted molar refractivity (Wildman–Crippen MR) is 139 cm³/mol. The first kappa shape index (κ1) is 27.1. The van der Waals surface area contributed by atoms with Crippen LogP contribution in [-0.2, 0) is 21.9 Å². The molecule has 0 bridgehead atoms. The quantitative estimate of drug-likeness (QED) is 0.373. The van der Waals surface area contributed by atoms with Crippen LogP contribution in [0.3, 0.4) is 0 Å². The number of nitrogens with one attached hydrogen (secondary N) is 1. The largest absolute Gasteiger partial charge is 0.352 e. The predicted octanol–water partition coefficient (Wildman–Crippen LogP) is 6.89. The molecule has 0 unspecified atom stereocenters. The molecule has 0 aromatic heterocycles. The number of carbonyl (C=O) groups excluding carboxylic acids is 2. The third-order valence-electron chi connectivity index (χ3n) is 5.99. The van der Waals surface area contributed by atoms with Crippen molar-refractivity contribution in [3.8, 4) is 0 Å². The van der Waals surface area contributed by atoms with Gasteiger partial charge in [-0.3, -0.25) is 9.59 Å². The molecule has 0 heterocycles. The fraction of sp³-hybridized carbons (Fsp3) is 0.440. The summed E-state index contributed by atoms with van der Waals surface area (Å²) in [6.07, 6.45) is 5.30. The van der Waals surface area contributed by atoms with E-state index in [1.807, 2.05) is 0 Å². The molecule has 0 aliphatic heterocycles. The number of hydrogen-bond donors (Lipinski definition) is 1. The van der Waals surface area contributed by atoms with Crippen LogP contribution in [0.1, 0.15) is 50.2 Å². The minimum atomic E-state index is -0.679. The highest BCUT2D eigenvalue weighted by atomic mass is 35.5. The third-order valence-corrected chi connectivity index (χ3v) is 8.03. The zero-order valence-corrected chi connectivity index (χ0v) is 22.0. The fourth-order valence-corrected chi connectivity index (χ4v) is 5.55. The van der Waals surface area contributed by atoms with Crippen molar-refractivity contribution in [1.29, 1.82) is 0 Å². The van der Waals surface area contributed by atoms with Crippen molar-refractivity contribution in [1.82, 2.24) is 10.2 Å². The normalized spacial score (nSPS) is 15.1. The van der Waals surface area contributed by atoms with Gasteiger partial charge in [-0.1, -0.05) is 66.2 Å². The first-order chi connectivity index (χ1) is 16.3. The van der Waals surface area contributed by atoms with Gasteiger partial charge in [0.1, 0.15) is 11.9 Å². The van der Waals surface area contributed by atoms with Gasteiger partial charge < -0.3 is 10.2 Å². The molecule has 1 N–H and O–H groups in total. The Hall–Kier alpha value is -1.47. The maximum Gasteiger partial charge on any atom is 0.242 e. The summed E-state index contributed by atoms with van der Waals surface area (Å²) in [5.74, 6) is -0.481. The van der Waals surface area contributed by atoms with Crippen LogP contribution in [0.5, 0.6) is 0 Å². The SMILES string of the molecule is C[C@H](C(=O)NC1CCCCC1)N(Cc1ccc(Cl)c(Cl)c1)C(=O)CSCc1c(F)cccc1Cl. The minimum absolute atomic E-state index is 0.0764. The van der Waals surface area contributed by atoms with Gasteiger partial charge in [0, 0.05) is 28.9 Å². The second-order valence-electron chi connectivity index (χ2n) is 8.48. The van der Waals surface area contributed by atoms with Crippen LogP contribution in [-0.4, -0.2) is 34.6 Å². The maximum atomic E-state index is 14.1. The molecule has 4 nitrogen and oxygen atoms in total.